The van der Waals surface area contributed by atoms with Crippen LogP contribution in [0.25, 0.3) is 0 Å². The van der Waals surface area contributed by atoms with Crippen molar-refractivity contribution >= 4 is 52.9 Å². The summed E-state index contributed by atoms with van der Waals surface area (Å²) in [5.41, 5.74) is 0.781. The molecular weight excluding hydrogens is 435 g/mol. The van der Waals surface area contributed by atoms with Crippen molar-refractivity contribution in [1.82, 2.24) is 10.6 Å². The lowest BCUT2D eigenvalue weighted by molar-refractivity contribution is -0.114. The first kappa shape index (κ1) is 20.4. The molecule has 2 rings (SSSR count). The van der Waals surface area contributed by atoms with Crippen molar-refractivity contribution in [3.05, 3.63) is 52.7 Å². The number of carbonyl (C=O) groups excluding carboxylic acids is 1. The third-order valence-electron chi connectivity index (χ3n) is 3.03. The van der Waals surface area contributed by atoms with Crippen LogP contribution in [-0.4, -0.2) is 31.5 Å². The Balaban J connectivity index is 0.00000288. The number of hydrogen-bond acceptors (Lipinski definition) is 3. The summed E-state index contributed by atoms with van der Waals surface area (Å²) in [4.78, 5) is 17.6. The zero-order chi connectivity index (χ0) is 16.3. The van der Waals surface area contributed by atoms with Crippen LogP contribution in [0.5, 0.6) is 0 Å². The average Bonchev–Trinajstić information content (AvgIpc) is 3.07. The van der Waals surface area contributed by atoms with Crippen molar-refractivity contribution in [1.29, 1.82) is 0 Å². The number of guanidine groups is 1. The molecule has 1 amide bonds. The fourth-order valence-electron chi connectivity index (χ4n) is 1.97. The summed E-state index contributed by atoms with van der Waals surface area (Å²) >= 11 is 1.74. The van der Waals surface area contributed by atoms with Gasteiger partial charge in [0.15, 0.2) is 5.96 Å². The van der Waals surface area contributed by atoms with Crippen LogP contribution in [0.4, 0.5) is 5.69 Å². The zero-order valence-electron chi connectivity index (χ0n) is 13.6. The summed E-state index contributed by atoms with van der Waals surface area (Å²) in [5, 5.41) is 11.3. The van der Waals surface area contributed by atoms with Crippen LogP contribution in [-0.2, 0) is 11.2 Å². The summed E-state index contributed by atoms with van der Waals surface area (Å²) < 4.78 is 0. The topological polar surface area (TPSA) is 65.5 Å². The molecule has 0 aliphatic rings. The van der Waals surface area contributed by atoms with Gasteiger partial charge in [-0.15, -0.1) is 35.3 Å². The van der Waals surface area contributed by atoms with Crippen LogP contribution in [0.2, 0.25) is 0 Å². The normalized spacial score (nSPS) is 10.6. The second-order valence-electron chi connectivity index (χ2n) is 4.87. The summed E-state index contributed by atoms with van der Waals surface area (Å²) in [5.74, 6) is 0.527. The molecule has 5 nitrogen and oxygen atoms in total. The summed E-state index contributed by atoms with van der Waals surface area (Å²) in [7, 11) is 0. The molecule has 0 bridgehead atoms. The standard InChI is InChI=1S/C17H22N4OS.HI/c1-2-18-17(19-11-10-15-9-6-12-23-15)20-13-16(22)21-14-7-4-3-5-8-14;/h3-9,12H,2,10-11,13H2,1H3,(H,21,22)(H2,18,19,20);1H. The SMILES string of the molecule is CCNC(=NCC(=O)Nc1ccccc1)NCCc1cccs1.I. The van der Waals surface area contributed by atoms with E-state index in [2.05, 4.69) is 32.4 Å². The molecule has 24 heavy (non-hydrogen) atoms. The van der Waals surface area contributed by atoms with Gasteiger partial charge in [0.2, 0.25) is 5.91 Å². The van der Waals surface area contributed by atoms with Crippen LogP contribution >= 0.6 is 35.3 Å². The molecule has 1 aromatic carbocycles. The summed E-state index contributed by atoms with van der Waals surface area (Å²) in [6.07, 6.45) is 0.943. The van der Waals surface area contributed by atoms with E-state index in [9.17, 15) is 4.79 Å². The lowest BCUT2D eigenvalue weighted by atomic mass is 10.3. The number of rotatable bonds is 7. The Hall–Kier alpha value is -1.61. The van der Waals surface area contributed by atoms with Gasteiger partial charge in [-0.2, -0.15) is 0 Å². The van der Waals surface area contributed by atoms with Crippen LogP contribution in [0, 0.1) is 0 Å². The Morgan fingerprint density at radius 3 is 2.58 bits per heavy atom. The molecule has 0 saturated heterocycles. The molecule has 0 unspecified atom stereocenters. The van der Waals surface area contributed by atoms with Crippen LogP contribution in [0.1, 0.15) is 11.8 Å². The number of thiophene rings is 1. The van der Waals surface area contributed by atoms with E-state index >= 15 is 0 Å². The minimum absolute atomic E-state index is 0. The largest absolute Gasteiger partial charge is 0.357 e. The predicted octanol–water partition coefficient (Wildman–Crippen LogP) is 3.10. The highest BCUT2D eigenvalue weighted by atomic mass is 127. The third-order valence-corrected chi connectivity index (χ3v) is 3.96. The van der Waals surface area contributed by atoms with Crippen molar-refractivity contribution in [2.24, 2.45) is 4.99 Å². The van der Waals surface area contributed by atoms with E-state index < -0.39 is 0 Å². The highest BCUT2D eigenvalue weighted by Gasteiger charge is 2.03. The number of halogens is 1. The molecule has 130 valence electrons. The molecular formula is C17H23IN4OS. The van der Waals surface area contributed by atoms with Gasteiger partial charge >= 0.3 is 0 Å². The van der Waals surface area contributed by atoms with Crippen molar-refractivity contribution < 1.29 is 4.79 Å². The second-order valence-corrected chi connectivity index (χ2v) is 5.90. The van der Waals surface area contributed by atoms with Gasteiger partial charge in [0.1, 0.15) is 6.54 Å². The van der Waals surface area contributed by atoms with Crippen LogP contribution in [0.15, 0.2) is 52.8 Å². The van der Waals surface area contributed by atoms with Gasteiger partial charge < -0.3 is 16.0 Å². The van der Waals surface area contributed by atoms with E-state index in [1.807, 2.05) is 43.3 Å². The molecule has 0 saturated carbocycles. The molecule has 0 radical (unpaired) electrons. The number of nitrogens with one attached hydrogen (secondary N) is 3. The number of anilines is 1. The molecule has 0 fully saturated rings. The fraction of sp³-hybridized carbons (Fsp3) is 0.294. The molecule has 0 aliphatic heterocycles. The van der Waals surface area contributed by atoms with Crippen molar-refractivity contribution in [2.45, 2.75) is 13.3 Å². The zero-order valence-corrected chi connectivity index (χ0v) is 16.8. The maximum absolute atomic E-state index is 11.9. The number of carbonyl (C=O) groups is 1. The van der Waals surface area contributed by atoms with E-state index in [0.29, 0.717) is 5.96 Å². The van der Waals surface area contributed by atoms with Crippen molar-refractivity contribution in [3.8, 4) is 0 Å². The quantitative estimate of drug-likeness (QED) is 0.340. The number of para-hydroxylation sites is 1. The minimum atomic E-state index is -0.133. The molecule has 7 heteroatoms. The Bertz CT molecular complexity index is 617. The summed E-state index contributed by atoms with van der Waals surface area (Å²) in [6, 6.07) is 13.5. The van der Waals surface area contributed by atoms with E-state index in [4.69, 9.17) is 0 Å². The van der Waals surface area contributed by atoms with E-state index in [-0.39, 0.29) is 36.4 Å². The van der Waals surface area contributed by atoms with E-state index in [1.54, 1.807) is 11.3 Å². The molecule has 0 atom stereocenters. The Kier molecular flexibility index (Phi) is 10.1. The smallest absolute Gasteiger partial charge is 0.246 e. The molecule has 2 aromatic rings. The van der Waals surface area contributed by atoms with Crippen LogP contribution < -0.4 is 16.0 Å². The number of amides is 1. The molecule has 0 aliphatic carbocycles. The molecule has 1 aromatic heterocycles. The number of nitrogens with zero attached hydrogens (tertiary/aromatic N) is 1. The lowest BCUT2D eigenvalue weighted by Crippen LogP contribution is -2.39. The lowest BCUT2D eigenvalue weighted by Gasteiger charge is -2.11. The maximum atomic E-state index is 11.9. The molecule has 0 spiro atoms. The van der Waals surface area contributed by atoms with Gasteiger partial charge in [-0.1, -0.05) is 24.3 Å². The fourth-order valence-corrected chi connectivity index (χ4v) is 2.68. The predicted molar refractivity (Wildman–Crippen MR) is 112 cm³/mol. The van der Waals surface area contributed by atoms with Gasteiger partial charge in [0.05, 0.1) is 0 Å². The Morgan fingerprint density at radius 1 is 1.12 bits per heavy atom. The monoisotopic (exact) mass is 458 g/mol. The number of hydrogen-bond donors (Lipinski definition) is 3. The van der Waals surface area contributed by atoms with E-state index in [0.717, 1.165) is 25.2 Å². The molecule has 1 heterocycles. The molecule has 3 N–H and O–H groups in total. The Labute approximate surface area is 164 Å². The number of benzene rings is 1. The number of aliphatic imine (C=N–C) groups is 1. The highest BCUT2D eigenvalue weighted by Crippen LogP contribution is 2.08. The van der Waals surface area contributed by atoms with Gasteiger partial charge in [-0.3, -0.25) is 4.79 Å². The highest BCUT2D eigenvalue weighted by molar-refractivity contribution is 14.0. The first-order valence-electron chi connectivity index (χ1n) is 7.67. The van der Waals surface area contributed by atoms with Gasteiger partial charge in [-0.05, 0) is 36.9 Å². The van der Waals surface area contributed by atoms with Gasteiger partial charge in [-0.25, -0.2) is 4.99 Å². The first-order valence-corrected chi connectivity index (χ1v) is 8.55. The Morgan fingerprint density at radius 2 is 1.92 bits per heavy atom. The second kappa shape index (κ2) is 11.9. The average molecular weight is 458 g/mol. The van der Waals surface area contributed by atoms with Crippen molar-refractivity contribution in [2.75, 3.05) is 25.0 Å². The van der Waals surface area contributed by atoms with E-state index in [1.165, 1.54) is 4.88 Å². The van der Waals surface area contributed by atoms with Crippen LogP contribution in [0.3, 0.4) is 0 Å². The van der Waals surface area contributed by atoms with Crippen molar-refractivity contribution in [3.63, 3.8) is 0 Å². The van der Waals surface area contributed by atoms with Gasteiger partial charge in [0.25, 0.3) is 0 Å². The van der Waals surface area contributed by atoms with Gasteiger partial charge in [0, 0.05) is 23.7 Å². The summed E-state index contributed by atoms with van der Waals surface area (Å²) in [6.45, 7) is 3.63. The first-order chi connectivity index (χ1) is 11.3. The third kappa shape index (κ3) is 7.78. The minimum Gasteiger partial charge on any atom is -0.357 e. The maximum Gasteiger partial charge on any atom is 0.246 e.